The lowest BCUT2D eigenvalue weighted by Crippen LogP contribution is -2.40. The zero-order valence-electron chi connectivity index (χ0n) is 16.8. The Bertz CT molecular complexity index is 898. The van der Waals surface area contributed by atoms with Crippen LogP contribution in [0.25, 0.3) is 0 Å². The molecule has 0 fully saturated rings. The first-order chi connectivity index (χ1) is 14.4. The molecule has 0 bridgehead atoms. The number of nitrogens with one attached hydrogen (secondary N) is 1. The lowest BCUT2D eigenvalue weighted by molar-refractivity contribution is -0.188. The van der Waals surface area contributed by atoms with E-state index in [1.807, 2.05) is 0 Å². The highest BCUT2D eigenvalue weighted by Crippen LogP contribution is 2.41. The molecule has 1 aliphatic carbocycles. The molecule has 0 aliphatic heterocycles. The molecule has 0 radical (unpaired) electrons. The summed E-state index contributed by atoms with van der Waals surface area (Å²) in [5.74, 6) is -7.24. The summed E-state index contributed by atoms with van der Waals surface area (Å²) in [5.41, 5.74) is 0.112. The minimum Gasteiger partial charge on any atom is -0.496 e. The fourth-order valence-electron chi connectivity index (χ4n) is 3.38. The van der Waals surface area contributed by atoms with Crippen molar-refractivity contribution >= 4 is 29.2 Å². The molecule has 5 nitrogen and oxygen atoms in total. The van der Waals surface area contributed by atoms with Gasteiger partial charge in [-0.3, -0.25) is 9.59 Å². The van der Waals surface area contributed by atoms with Crippen LogP contribution in [0.15, 0.2) is 41.1 Å². The van der Waals surface area contributed by atoms with Crippen LogP contribution >= 0.6 is 11.6 Å². The van der Waals surface area contributed by atoms with Gasteiger partial charge in [0, 0.05) is 6.42 Å². The number of halogens is 5. The number of methoxy groups -OCH3 is 1. The van der Waals surface area contributed by atoms with E-state index in [0.29, 0.717) is 5.56 Å². The van der Waals surface area contributed by atoms with Crippen LogP contribution in [0.3, 0.4) is 0 Å². The summed E-state index contributed by atoms with van der Waals surface area (Å²) < 4.78 is 59.9. The molecule has 2 rings (SSSR count). The smallest absolute Gasteiger partial charge is 0.392 e. The lowest BCUT2D eigenvalue weighted by Gasteiger charge is -2.32. The third-order valence-electron chi connectivity index (χ3n) is 5.13. The number of carboxylic acid groups (broad SMARTS) is 1. The van der Waals surface area contributed by atoms with Crippen LogP contribution in [-0.2, 0) is 20.7 Å². The predicted molar refractivity (Wildman–Crippen MR) is 107 cm³/mol. The maximum atomic E-state index is 14.2. The van der Waals surface area contributed by atoms with Crippen molar-refractivity contribution in [2.24, 2.45) is 17.8 Å². The largest absolute Gasteiger partial charge is 0.496 e. The molecule has 0 spiro atoms. The van der Waals surface area contributed by atoms with Gasteiger partial charge in [-0.2, -0.15) is 13.2 Å². The minimum absolute atomic E-state index is 0.0747. The van der Waals surface area contributed by atoms with E-state index in [2.05, 4.69) is 5.32 Å². The first-order valence-electron chi connectivity index (χ1n) is 9.43. The average molecular weight is 464 g/mol. The molecule has 31 heavy (non-hydrogen) atoms. The van der Waals surface area contributed by atoms with Crippen LogP contribution in [0, 0.1) is 23.6 Å². The van der Waals surface area contributed by atoms with Crippen molar-refractivity contribution in [1.29, 1.82) is 0 Å². The second kappa shape index (κ2) is 10.2. The number of amides is 1. The number of alkyl halides is 3. The van der Waals surface area contributed by atoms with Crippen LogP contribution in [0.5, 0.6) is 0 Å². The molecule has 1 unspecified atom stereocenters. The maximum Gasteiger partial charge on any atom is 0.392 e. The highest BCUT2D eigenvalue weighted by Gasteiger charge is 2.47. The number of hydrogen-bond donors (Lipinski definition) is 2. The summed E-state index contributed by atoms with van der Waals surface area (Å²) in [6, 6.07) is 3.60. The van der Waals surface area contributed by atoms with Crippen LogP contribution in [-0.4, -0.2) is 30.3 Å². The quantitative estimate of drug-likeness (QED) is 0.515. The number of anilines is 1. The molecule has 0 saturated carbocycles. The monoisotopic (exact) mass is 463 g/mol. The van der Waals surface area contributed by atoms with Gasteiger partial charge in [0.15, 0.2) is 0 Å². The van der Waals surface area contributed by atoms with Crippen LogP contribution < -0.4 is 5.32 Å². The number of ether oxygens (including phenoxy) is 1. The zero-order valence-corrected chi connectivity index (χ0v) is 17.6. The van der Waals surface area contributed by atoms with Gasteiger partial charge in [0.25, 0.3) is 0 Å². The van der Waals surface area contributed by atoms with Crippen molar-refractivity contribution in [2.75, 3.05) is 12.4 Å². The van der Waals surface area contributed by atoms with E-state index in [9.17, 15) is 27.2 Å². The van der Waals surface area contributed by atoms with E-state index in [1.165, 1.54) is 31.4 Å². The van der Waals surface area contributed by atoms with Gasteiger partial charge in [-0.15, -0.1) is 0 Å². The van der Waals surface area contributed by atoms with E-state index in [4.69, 9.17) is 21.4 Å². The summed E-state index contributed by atoms with van der Waals surface area (Å²) in [5, 5.41) is 11.3. The van der Waals surface area contributed by atoms with Crippen molar-refractivity contribution in [1.82, 2.24) is 0 Å². The number of benzene rings is 1. The summed E-state index contributed by atoms with van der Waals surface area (Å²) in [7, 11) is 1.31. The third-order valence-corrected chi connectivity index (χ3v) is 5.47. The van der Waals surface area contributed by atoms with Gasteiger partial charge in [0.1, 0.15) is 11.6 Å². The molecular weight excluding hydrogens is 442 g/mol. The van der Waals surface area contributed by atoms with Gasteiger partial charge in [-0.1, -0.05) is 30.7 Å². The number of aryl methyl sites for hydroxylation is 1. The van der Waals surface area contributed by atoms with E-state index < -0.39 is 41.6 Å². The molecule has 1 aliphatic rings. The Morgan fingerprint density at radius 1 is 1.35 bits per heavy atom. The van der Waals surface area contributed by atoms with Crippen LogP contribution in [0.2, 0.25) is 0 Å². The van der Waals surface area contributed by atoms with Crippen molar-refractivity contribution in [3.05, 3.63) is 52.5 Å². The molecule has 1 amide bonds. The van der Waals surface area contributed by atoms with E-state index in [1.54, 1.807) is 0 Å². The van der Waals surface area contributed by atoms with Crippen molar-refractivity contribution in [3.8, 4) is 0 Å². The second-order valence-electron chi connectivity index (χ2n) is 7.24. The second-order valence-corrected chi connectivity index (χ2v) is 7.65. The first kappa shape index (κ1) is 24.7. The SMILES string of the molecule is COC1=CC([C@@H](C(=O)Nc2cc(CCC(=O)O)ccc2F)[C@@H](C)C(F)(F)F)CC=C1Cl. The molecule has 10 heteroatoms. The third kappa shape index (κ3) is 6.46. The Morgan fingerprint density at radius 2 is 2.03 bits per heavy atom. The number of rotatable bonds is 8. The topological polar surface area (TPSA) is 75.6 Å². The predicted octanol–water partition coefficient (Wildman–Crippen LogP) is 5.27. The molecule has 0 aromatic heterocycles. The van der Waals surface area contributed by atoms with E-state index >= 15 is 0 Å². The van der Waals surface area contributed by atoms with E-state index in [0.717, 1.165) is 13.0 Å². The molecule has 170 valence electrons. The Morgan fingerprint density at radius 3 is 2.61 bits per heavy atom. The van der Waals surface area contributed by atoms with Gasteiger partial charge < -0.3 is 15.2 Å². The summed E-state index contributed by atoms with van der Waals surface area (Å²) in [4.78, 5) is 23.6. The van der Waals surface area contributed by atoms with Gasteiger partial charge in [0.05, 0.1) is 29.7 Å². The van der Waals surface area contributed by atoms with Crippen LogP contribution in [0.1, 0.15) is 25.3 Å². The normalized spacial score (nSPS) is 18.5. The van der Waals surface area contributed by atoms with Gasteiger partial charge in [0.2, 0.25) is 5.91 Å². The fourth-order valence-corrected chi connectivity index (χ4v) is 3.61. The van der Waals surface area contributed by atoms with E-state index in [-0.39, 0.29) is 35.7 Å². The molecule has 0 saturated heterocycles. The number of hydrogen-bond acceptors (Lipinski definition) is 3. The number of carbonyl (C=O) groups is 2. The lowest BCUT2D eigenvalue weighted by atomic mass is 9.77. The minimum atomic E-state index is -4.67. The highest BCUT2D eigenvalue weighted by molar-refractivity contribution is 6.31. The fraction of sp³-hybridized carbons (Fsp3) is 0.429. The summed E-state index contributed by atoms with van der Waals surface area (Å²) >= 11 is 5.98. The molecule has 2 N–H and O–H groups in total. The summed E-state index contributed by atoms with van der Waals surface area (Å²) in [6.45, 7) is 0.893. The molecule has 0 heterocycles. The molecule has 3 atom stereocenters. The Balaban J connectivity index is 2.33. The Labute approximate surface area is 181 Å². The van der Waals surface area contributed by atoms with Crippen molar-refractivity contribution in [2.45, 2.75) is 32.4 Å². The van der Waals surface area contributed by atoms with Gasteiger partial charge in [-0.25, -0.2) is 4.39 Å². The van der Waals surface area contributed by atoms with Crippen molar-refractivity contribution < 1.29 is 37.0 Å². The Kier molecular flexibility index (Phi) is 8.11. The number of aliphatic carboxylic acids is 1. The maximum absolute atomic E-state index is 14.2. The van der Waals surface area contributed by atoms with Crippen molar-refractivity contribution in [3.63, 3.8) is 0 Å². The number of carboxylic acids is 1. The Hall–Kier alpha value is -2.55. The average Bonchev–Trinajstić information content (AvgIpc) is 2.69. The molecule has 1 aromatic rings. The molecule has 1 aromatic carbocycles. The van der Waals surface area contributed by atoms with Gasteiger partial charge >= 0.3 is 12.1 Å². The highest BCUT2D eigenvalue weighted by atomic mass is 35.5. The standard InChI is InChI=1S/C21H22ClF4NO4/c1-11(21(24,25)26)19(13-5-6-14(22)17(10-13)31-2)20(30)27-16-9-12(3-7-15(16)23)4-8-18(28)29/h3,6-7,9-11,13,19H,4-5,8H2,1-2H3,(H,27,30)(H,28,29)/t11-,13?,19+/m1/s1. The zero-order chi connectivity index (χ0) is 23.3. The first-order valence-corrected chi connectivity index (χ1v) is 9.81. The number of allylic oxidation sites excluding steroid dienone is 3. The molecular formula is C21H22ClF4NO4. The number of carbonyl (C=O) groups excluding carboxylic acids is 1. The van der Waals surface area contributed by atoms with Gasteiger partial charge in [-0.05, 0) is 42.5 Å². The summed E-state index contributed by atoms with van der Waals surface area (Å²) in [6.07, 6.45) is -1.89. The van der Waals surface area contributed by atoms with Crippen LogP contribution in [0.4, 0.5) is 23.2 Å².